The van der Waals surface area contributed by atoms with Crippen LogP contribution in [0.5, 0.6) is 0 Å². The molecule has 0 aromatic carbocycles. The van der Waals surface area contributed by atoms with Crippen LogP contribution in [0.1, 0.15) is 143 Å². The van der Waals surface area contributed by atoms with E-state index in [0.717, 1.165) is 44.4 Å². The summed E-state index contributed by atoms with van der Waals surface area (Å²) in [5, 5.41) is 20.4. The van der Waals surface area contributed by atoms with Crippen LogP contribution in [0.25, 0.3) is 0 Å². The zero-order chi connectivity index (χ0) is 35.2. The fraction of sp³-hybridized carbons (Fsp3) is 0.778. The van der Waals surface area contributed by atoms with Crippen molar-refractivity contribution in [2.24, 2.45) is 5.92 Å². The summed E-state index contributed by atoms with van der Waals surface area (Å²) in [4.78, 5) is 42.6. The van der Waals surface area contributed by atoms with E-state index in [9.17, 15) is 24.4 Å². The number of hydrogen-bond acceptors (Lipinski definition) is 8. The number of ether oxygens (including phenoxy) is 2. The van der Waals surface area contributed by atoms with Gasteiger partial charge in [0.25, 0.3) is 0 Å². The minimum Gasteiger partial charge on any atom is -0.462 e. The molecule has 47 heavy (non-hydrogen) atoms. The van der Waals surface area contributed by atoms with Crippen molar-refractivity contribution < 1.29 is 48.2 Å². The smallest absolute Gasteiger partial charge is 0.462 e. The van der Waals surface area contributed by atoms with E-state index in [2.05, 4.69) is 49.6 Å². The summed E-state index contributed by atoms with van der Waals surface area (Å²) in [6, 6.07) is 0. The van der Waals surface area contributed by atoms with Crippen LogP contribution >= 0.6 is 7.82 Å². The number of phosphoric acid groups is 1. The molecule has 0 amide bonds. The molecule has 11 heteroatoms. The maximum absolute atomic E-state index is 12.3. The van der Waals surface area contributed by atoms with Crippen LogP contribution in [0.3, 0.4) is 0 Å². The normalized spacial score (nSPS) is 15.0. The minimum absolute atomic E-state index is 0.0468. The van der Waals surface area contributed by atoms with Crippen molar-refractivity contribution in [2.75, 3.05) is 13.2 Å². The highest BCUT2D eigenvalue weighted by Gasteiger charge is 2.23. The molecule has 0 saturated heterocycles. The van der Waals surface area contributed by atoms with Gasteiger partial charge in [-0.2, -0.15) is 0 Å². The number of carbonyl (C=O) groups excluding carboxylic acids is 2. The second-order valence-electron chi connectivity index (χ2n) is 12.4. The monoisotopic (exact) mass is 688 g/mol. The highest BCUT2D eigenvalue weighted by molar-refractivity contribution is 7.46. The van der Waals surface area contributed by atoms with Crippen LogP contribution in [0.15, 0.2) is 36.5 Å². The number of rotatable bonds is 31. The summed E-state index contributed by atoms with van der Waals surface area (Å²) < 4.78 is 26.1. The summed E-state index contributed by atoms with van der Waals surface area (Å²) in [6.07, 6.45) is 25.0. The zero-order valence-electron chi connectivity index (χ0n) is 29.3. The summed E-state index contributed by atoms with van der Waals surface area (Å²) in [6.45, 7) is 5.62. The Morgan fingerprint density at radius 1 is 0.702 bits per heavy atom. The minimum atomic E-state index is -4.81. The Bertz CT molecular complexity index is 913. The number of aliphatic hydroxyl groups excluding tert-OH is 2. The average molecular weight is 689 g/mol. The Morgan fingerprint density at radius 3 is 1.98 bits per heavy atom. The van der Waals surface area contributed by atoms with Gasteiger partial charge >= 0.3 is 19.8 Å². The molecule has 0 aliphatic rings. The van der Waals surface area contributed by atoms with E-state index in [0.29, 0.717) is 12.8 Å². The van der Waals surface area contributed by atoms with Crippen LogP contribution in [0.4, 0.5) is 0 Å². The van der Waals surface area contributed by atoms with Crippen molar-refractivity contribution in [3.8, 4) is 0 Å². The second-order valence-corrected chi connectivity index (χ2v) is 13.6. The number of aliphatic hydroxyl groups is 2. The van der Waals surface area contributed by atoms with Gasteiger partial charge in [-0.1, -0.05) is 115 Å². The van der Waals surface area contributed by atoms with E-state index in [1.165, 1.54) is 44.9 Å². The largest absolute Gasteiger partial charge is 0.469 e. The van der Waals surface area contributed by atoms with Crippen molar-refractivity contribution in [1.82, 2.24) is 0 Å². The Morgan fingerprint density at radius 2 is 1.32 bits per heavy atom. The fourth-order valence-electron chi connectivity index (χ4n) is 4.69. The van der Waals surface area contributed by atoms with E-state index in [4.69, 9.17) is 19.3 Å². The number of carbonyl (C=O) groups is 2. The van der Waals surface area contributed by atoms with Gasteiger partial charge in [-0.3, -0.25) is 14.1 Å². The van der Waals surface area contributed by atoms with Gasteiger partial charge in [-0.25, -0.2) is 4.57 Å². The number of unbranched alkanes of at least 4 members (excludes halogenated alkanes) is 8. The van der Waals surface area contributed by atoms with Crippen LogP contribution < -0.4 is 0 Å². The van der Waals surface area contributed by atoms with Crippen molar-refractivity contribution in [1.29, 1.82) is 0 Å². The number of hydrogen-bond donors (Lipinski definition) is 4. The molecule has 274 valence electrons. The van der Waals surface area contributed by atoms with E-state index in [-0.39, 0.29) is 25.7 Å². The molecule has 3 unspecified atom stereocenters. The summed E-state index contributed by atoms with van der Waals surface area (Å²) in [5.41, 5.74) is 0. The molecule has 0 saturated carbocycles. The van der Waals surface area contributed by atoms with Crippen molar-refractivity contribution >= 4 is 19.8 Å². The first-order valence-corrected chi connectivity index (χ1v) is 19.4. The van der Waals surface area contributed by atoms with Crippen LogP contribution in [0.2, 0.25) is 0 Å². The lowest BCUT2D eigenvalue weighted by Crippen LogP contribution is -2.29. The van der Waals surface area contributed by atoms with E-state index >= 15 is 0 Å². The first kappa shape index (κ1) is 45.2. The molecule has 0 rings (SSSR count). The fourth-order valence-corrected chi connectivity index (χ4v) is 5.05. The number of allylic oxidation sites excluding steroid dienone is 5. The van der Waals surface area contributed by atoms with Crippen molar-refractivity contribution in [3.63, 3.8) is 0 Å². The maximum Gasteiger partial charge on any atom is 0.469 e. The SMILES string of the molecule is CCCCC/C=C\C/C=C\C/C=C\CC(O)C(O)CCCC(=O)OC[C@H](COP(=O)(O)O)OC(=O)CCCCCCCCC(C)CC. The summed E-state index contributed by atoms with van der Waals surface area (Å²) in [5.74, 6) is -0.420. The van der Waals surface area contributed by atoms with Crippen molar-refractivity contribution in [3.05, 3.63) is 36.5 Å². The lowest BCUT2D eigenvalue weighted by atomic mass is 10.00. The van der Waals surface area contributed by atoms with Gasteiger partial charge in [-0.15, -0.1) is 0 Å². The lowest BCUT2D eigenvalue weighted by molar-refractivity contribution is -0.161. The molecule has 10 nitrogen and oxygen atoms in total. The van der Waals surface area contributed by atoms with Gasteiger partial charge in [0.05, 0.1) is 18.8 Å². The summed E-state index contributed by atoms with van der Waals surface area (Å²) >= 11 is 0. The Labute approximate surface area is 284 Å². The molecular weight excluding hydrogens is 623 g/mol. The molecule has 0 aromatic rings. The molecule has 0 heterocycles. The molecular formula is C36H65O10P. The van der Waals surface area contributed by atoms with Gasteiger partial charge < -0.3 is 29.5 Å². The molecule has 0 aliphatic heterocycles. The van der Waals surface area contributed by atoms with Gasteiger partial charge in [0.15, 0.2) is 6.10 Å². The lowest BCUT2D eigenvalue weighted by Gasteiger charge is -2.19. The quantitative estimate of drug-likeness (QED) is 0.0243. The van der Waals surface area contributed by atoms with E-state index in [1.54, 1.807) is 0 Å². The first-order valence-electron chi connectivity index (χ1n) is 17.8. The van der Waals surface area contributed by atoms with E-state index < -0.39 is 51.3 Å². The van der Waals surface area contributed by atoms with Crippen LogP contribution in [0, 0.1) is 5.92 Å². The zero-order valence-corrected chi connectivity index (χ0v) is 30.2. The van der Waals surface area contributed by atoms with E-state index in [1.807, 2.05) is 12.2 Å². The highest BCUT2D eigenvalue weighted by Crippen LogP contribution is 2.36. The van der Waals surface area contributed by atoms with Crippen LogP contribution in [-0.4, -0.2) is 63.5 Å². The average Bonchev–Trinajstić information content (AvgIpc) is 3.03. The Hall–Kier alpha value is -1.81. The highest BCUT2D eigenvalue weighted by atomic mass is 31.2. The third-order valence-electron chi connectivity index (χ3n) is 7.90. The van der Waals surface area contributed by atoms with Crippen LogP contribution in [-0.2, 0) is 28.2 Å². The molecule has 4 atom stereocenters. The summed E-state index contributed by atoms with van der Waals surface area (Å²) in [7, 11) is -4.81. The third-order valence-corrected chi connectivity index (χ3v) is 8.39. The third kappa shape index (κ3) is 31.2. The predicted octanol–water partition coefficient (Wildman–Crippen LogP) is 8.03. The maximum atomic E-state index is 12.3. The molecule has 0 radical (unpaired) electrons. The van der Waals surface area contributed by atoms with Gasteiger partial charge in [0.1, 0.15) is 6.61 Å². The molecule has 0 spiro atoms. The standard InChI is InChI=1S/C36H65O10P/c1-4-6-7-8-9-10-11-12-13-14-18-21-25-33(37)34(38)26-23-28-35(39)44-29-32(30-45-47(41,42)43)46-36(40)27-22-19-16-15-17-20-24-31(3)5-2/h9-10,12-13,18,21,31-34,37-38H,4-8,11,14-17,19-20,22-30H2,1-3H3,(H2,41,42,43)/b10-9-,13-12-,21-18-/t31?,32-,33?,34?/m1/s1. The first-order chi connectivity index (χ1) is 22.5. The molecule has 0 aromatic heterocycles. The predicted molar refractivity (Wildman–Crippen MR) is 187 cm³/mol. The number of esters is 2. The van der Waals surface area contributed by atoms with Gasteiger partial charge in [0, 0.05) is 12.8 Å². The topological polar surface area (TPSA) is 160 Å². The Kier molecular flexibility index (Phi) is 29.1. The number of phosphoric ester groups is 1. The Balaban J connectivity index is 4.28. The second kappa shape index (κ2) is 30.3. The van der Waals surface area contributed by atoms with Gasteiger partial charge in [-0.05, 0) is 57.3 Å². The van der Waals surface area contributed by atoms with Gasteiger partial charge in [0.2, 0.25) is 0 Å². The molecule has 0 fully saturated rings. The molecule has 0 bridgehead atoms. The van der Waals surface area contributed by atoms with Crippen molar-refractivity contribution in [2.45, 2.75) is 161 Å². The molecule has 4 N–H and O–H groups in total. The molecule has 0 aliphatic carbocycles.